The van der Waals surface area contributed by atoms with Gasteiger partial charge in [0, 0.05) is 18.5 Å². The van der Waals surface area contributed by atoms with Crippen LogP contribution in [0.5, 0.6) is 11.6 Å². The summed E-state index contributed by atoms with van der Waals surface area (Å²) < 4.78 is 10.7. The number of aromatic nitrogens is 2. The summed E-state index contributed by atoms with van der Waals surface area (Å²) in [6.07, 6.45) is 2.10. The molecule has 0 aliphatic carbocycles. The van der Waals surface area contributed by atoms with Gasteiger partial charge >= 0.3 is 5.97 Å². The Balaban J connectivity index is 1.77. The number of carbonyl (C=O) groups excluding carboxylic acids is 1. The van der Waals surface area contributed by atoms with Crippen LogP contribution < -0.4 is 9.47 Å². The number of fused-ring (bicyclic) bond motifs is 1. The summed E-state index contributed by atoms with van der Waals surface area (Å²) in [5.41, 5.74) is 2.16. The topological polar surface area (TPSA) is 102 Å². The lowest BCUT2D eigenvalue weighted by Gasteiger charge is -2.29. The SMILES string of the molecule is CCOc1ncnc2c1CN(C(=O)c1cccc(OCC(=O)O)c1)CC2. The Kier molecular flexibility index (Phi) is 5.31. The molecule has 26 heavy (non-hydrogen) atoms. The van der Waals surface area contributed by atoms with Gasteiger partial charge in [-0.25, -0.2) is 14.8 Å². The van der Waals surface area contributed by atoms with Crippen molar-refractivity contribution in [2.45, 2.75) is 19.9 Å². The second-order valence-electron chi connectivity index (χ2n) is 5.72. The molecule has 1 aliphatic rings. The predicted molar refractivity (Wildman–Crippen MR) is 91.2 cm³/mol. The molecule has 136 valence electrons. The maximum absolute atomic E-state index is 12.8. The van der Waals surface area contributed by atoms with Gasteiger partial charge in [0.1, 0.15) is 12.1 Å². The number of benzene rings is 1. The quantitative estimate of drug-likeness (QED) is 0.836. The Hall–Kier alpha value is -3.16. The van der Waals surface area contributed by atoms with Crippen LogP contribution in [-0.4, -0.2) is 51.6 Å². The van der Waals surface area contributed by atoms with E-state index in [9.17, 15) is 9.59 Å². The molecular formula is C18H19N3O5. The monoisotopic (exact) mass is 357 g/mol. The first-order valence-electron chi connectivity index (χ1n) is 8.28. The zero-order valence-corrected chi connectivity index (χ0v) is 14.3. The summed E-state index contributed by atoms with van der Waals surface area (Å²) in [7, 11) is 0. The van der Waals surface area contributed by atoms with Gasteiger partial charge in [0.2, 0.25) is 5.88 Å². The molecule has 1 aromatic heterocycles. The normalized spacial score (nSPS) is 13.0. The van der Waals surface area contributed by atoms with Gasteiger partial charge in [-0.2, -0.15) is 0 Å². The molecule has 0 radical (unpaired) electrons. The summed E-state index contributed by atoms with van der Waals surface area (Å²) in [4.78, 5) is 33.6. The van der Waals surface area contributed by atoms with E-state index in [1.807, 2.05) is 6.92 Å². The number of nitrogens with zero attached hydrogens (tertiary/aromatic N) is 3. The van der Waals surface area contributed by atoms with E-state index in [1.54, 1.807) is 29.2 Å². The molecule has 1 aliphatic heterocycles. The highest BCUT2D eigenvalue weighted by molar-refractivity contribution is 5.94. The summed E-state index contributed by atoms with van der Waals surface area (Å²) in [6.45, 7) is 2.81. The van der Waals surface area contributed by atoms with Crippen LogP contribution in [0.3, 0.4) is 0 Å². The molecular weight excluding hydrogens is 338 g/mol. The van der Waals surface area contributed by atoms with Crippen molar-refractivity contribution in [2.75, 3.05) is 19.8 Å². The molecule has 0 spiro atoms. The van der Waals surface area contributed by atoms with Gasteiger partial charge in [0.15, 0.2) is 6.61 Å². The average Bonchev–Trinajstić information content (AvgIpc) is 2.66. The predicted octanol–water partition coefficient (Wildman–Crippen LogP) is 1.54. The summed E-state index contributed by atoms with van der Waals surface area (Å²) in [5.74, 6) is -0.386. The van der Waals surface area contributed by atoms with Gasteiger partial charge in [-0.05, 0) is 25.1 Å². The zero-order valence-electron chi connectivity index (χ0n) is 14.3. The van der Waals surface area contributed by atoms with Crippen molar-refractivity contribution in [1.29, 1.82) is 0 Å². The van der Waals surface area contributed by atoms with Crippen LogP contribution >= 0.6 is 0 Å². The first-order valence-corrected chi connectivity index (χ1v) is 8.28. The van der Waals surface area contributed by atoms with Crippen molar-refractivity contribution < 1.29 is 24.2 Å². The maximum atomic E-state index is 12.8. The van der Waals surface area contributed by atoms with Crippen molar-refractivity contribution in [2.24, 2.45) is 0 Å². The number of amides is 1. The van der Waals surface area contributed by atoms with Gasteiger partial charge < -0.3 is 19.5 Å². The number of hydrogen-bond donors (Lipinski definition) is 1. The van der Waals surface area contributed by atoms with E-state index in [0.29, 0.717) is 43.3 Å². The Morgan fingerprint density at radius 2 is 2.12 bits per heavy atom. The van der Waals surface area contributed by atoms with Gasteiger partial charge in [-0.3, -0.25) is 4.79 Å². The van der Waals surface area contributed by atoms with Crippen LogP contribution in [0.2, 0.25) is 0 Å². The van der Waals surface area contributed by atoms with Gasteiger partial charge in [-0.15, -0.1) is 0 Å². The van der Waals surface area contributed by atoms with Crippen LogP contribution in [0.4, 0.5) is 0 Å². The van der Waals surface area contributed by atoms with Crippen LogP contribution in [0.25, 0.3) is 0 Å². The second kappa shape index (κ2) is 7.81. The first-order chi connectivity index (χ1) is 12.6. The van der Waals surface area contributed by atoms with Crippen LogP contribution in [0.1, 0.15) is 28.5 Å². The molecule has 3 rings (SSSR count). The van der Waals surface area contributed by atoms with E-state index in [-0.39, 0.29) is 5.91 Å². The molecule has 1 amide bonds. The van der Waals surface area contributed by atoms with E-state index >= 15 is 0 Å². The fraction of sp³-hybridized carbons (Fsp3) is 0.333. The third kappa shape index (κ3) is 3.90. The lowest BCUT2D eigenvalue weighted by Crippen LogP contribution is -2.36. The molecule has 0 unspecified atom stereocenters. The smallest absolute Gasteiger partial charge is 0.341 e. The molecule has 0 bridgehead atoms. The van der Waals surface area contributed by atoms with Crippen molar-refractivity contribution in [3.63, 3.8) is 0 Å². The molecule has 0 fully saturated rings. The summed E-state index contributed by atoms with van der Waals surface area (Å²) in [6, 6.07) is 6.51. The van der Waals surface area contributed by atoms with E-state index in [1.165, 1.54) is 6.33 Å². The van der Waals surface area contributed by atoms with Gasteiger partial charge in [0.05, 0.1) is 24.4 Å². The average molecular weight is 357 g/mol. The lowest BCUT2D eigenvalue weighted by atomic mass is 10.1. The molecule has 2 aromatic rings. The molecule has 0 atom stereocenters. The van der Waals surface area contributed by atoms with E-state index in [0.717, 1.165) is 11.3 Å². The van der Waals surface area contributed by atoms with Crippen LogP contribution in [0, 0.1) is 0 Å². The number of hydrogen-bond acceptors (Lipinski definition) is 6. The second-order valence-corrected chi connectivity index (χ2v) is 5.72. The van der Waals surface area contributed by atoms with Crippen molar-refractivity contribution >= 4 is 11.9 Å². The molecule has 1 N–H and O–H groups in total. The summed E-state index contributed by atoms with van der Waals surface area (Å²) >= 11 is 0. The number of ether oxygens (including phenoxy) is 2. The molecule has 2 heterocycles. The minimum absolute atomic E-state index is 0.164. The molecule has 8 nitrogen and oxygen atoms in total. The number of aliphatic carboxylic acids is 1. The Labute approximate surface area is 150 Å². The Bertz CT molecular complexity index is 824. The van der Waals surface area contributed by atoms with Gasteiger partial charge in [0.25, 0.3) is 5.91 Å². The summed E-state index contributed by atoms with van der Waals surface area (Å²) in [5, 5.41) is 8.70. The highest BCUT2D eigenvalue weighted by Crippen LogP contribution is 2.26. The zero-order chi connectivity index (χ0) is 18.5. The van der Waals surface area contributed by atoms with Crippen LogP contribution in [-0.2, 0) is 17.8 Å². The van der Waals surface area contributed by atoms with Crippen LogP contribution in [0.15, 0.2) is 30.6 Å². The fourth-order valence-corrected chi connectivity index (χ4v) is 2.80. The van der Waals surface area contributed by atoms with E-state index in [2.05, 4.69) is 9.97 Å². The highest BCUT2D eigenvalue weighted by atomic mass is 16.5. The van der Waals surface area contributed by atoms with E-state index in [4.69, 9.17) is 14.6 Å². The number of carbonyl (C=O) groups is 2. The van der Waals surface area contributed by atoms with Crippen molar-refractivity contribution in [3.8, 4) is 11.6 Å². The number of rotatable bonds is 6. The third-order valence-corrected chi connectivity index (χ3v) is 3.97. The van der Waals surface area contributed by atoms with E-state index < -0.39 is 12.6 Å². The minimum atomic E-state index is -1.07. The Morgan fingerprint density at radius 3 is 2.88 bits per heavy atom. The largest absolute Gasteiger partial charge is 0.482 e. The molecule has 1 aromatic carbocycles. The van der Waals surface area contributed by atoms with Gasteiger partial charge in [-0.1, -0.05) is 6.07 Å². The molecule has 0 saturated carbocycles. The first kappa shape index (κ1) is 17.7. The molecule has 0 saturated heterocycles. The lowest BCUT2D eigenvalue weighted by molar-refractivity contribution is -0.139. The third-order valence-electron chi connectivity index (χ3n) is 3.97. The van der Waals surface area contributed by atoms with Crippen molar-refractivity contribution in [3.05, 3.63) is 47.4 Å². The minimum Gasteiger partial charge on any atom is -0.482 e. The Morgan fingerprint density at radius 1 is 1.27 bits per heavy atom. The highest BCUT2D eigenvalue weighted by Gasteiger charge is 2.26. The number of carboxylic acids is 1. The maximum Gasteiger partial charge on any atom is 0.341 e. The standard InChI is InChI=1S/C18H19N3O5/c1-2-25-17-14-9-21(7-6-15(14)19-11-20-17)18(24)12-4-3-5-13(8-12)26-10-16(22)23/h3-5,8,11H,2,6-7,9-10H2,1H3,(H,22,23). The molecule has 8 heteroatoms. The van der Waals surface area contributed by atoms with Crippen molar-refractivity contribution in [1.82, 2.24) is 14.9 Å². The number of carboxylic acid groups (broad SMARTS) is 1. The fourth-order valence-electron chi connectivity index (χ4n) is 2.80.